The Labute approximate surface area is 56.3 Å². The Morgan fingerprint density at radius 2 is 2.44 bits per heavy atom. The average Bonchev–Trinajstić information content (AvgIpc) is 1.97. The summed E-state index contributed by atoms with van der Waals surface area (Å²) >= 11 is 0. The smallest absolute Gasteiger partial charge is 0.0412 e. The third-order valence-electron chi connectivity index (χ3n) is 1.65. The Morgan fingerprint density at radius 1 is 1.67 bits per heavy atom. The van der Waals surface area contributed by atoms with Gasteiger partial charge in [0.15, 0.2) is 0 Å². The third kappa shape index (κ3) is 2.04. The van der Waals surface area contributed by atoms with Gasteiger partial charge in [-0.3, -0.25) is 0 Å². The van der Waals surface area contributed by atoms with Gasteiger partial charge in [-0.2, -0.15) is 5.10 Å². The second-order valence-electron chi connectivity index (χ2n) is 2.77. The zero-order valence-corrected chi connectivity index (χ0v) is 6.15. The van der Waals surface area contributed by atoms with Gasteiger partial charge in [-0.25, -0.2) is 0 Å². The van der Waals surface area contributed by atoms with E-state index in [1.165, 1.54) is 18.6 Å². The van der Waals surface area contributed by atoms with E-state index >= 15 is 0 Å². The summed E-state index contributed by atoms with van der Waals surface area (Å²) in [6.07, 6.45) is 3.70. The molecule has 1 N–H and O–H groups in total. The molecule has 0 radical (unpaired) electrons. The van der Waals surface area contributed by atoms with Crippen molar-refractivity contribution in [2.45, 2.75) is 39.2 Å². The minimum Gasteiger partial charge on any atom is -0.307 e. The summed E-state index contributed by atoms with van der Waals surface area (Å²) in [5.74, 6) is 0. The highest BCUT2D eigenvalue weighted by Crippen LogP contribution is 2.05. The lowest BCUT2D eigenvalue weighted by atomic mass is 10.1. The summed E-state index contributed by atoms with van der Waals surface area (Å²) < 4.78 is 0. The van der Waals surface area contributed by atoms with Crippen LogP contribution in [0.25, 0.3) is 0 Å². The van der Waals surface area contributed by atoms with Crippen LogP contribution in [0.15, 0.2) is 5.10 Å². The van der Waals surface area contributed by atoms with E-state index in [1.54, 1.807) is 0 Å². The molecule has 2 nitrogen and oxygen atoms in total. The molecule has 0 aliphatic carbocycles. The van der Waals surface area contributed by atoms with Crippen LogP contribution in [-0.2, 0) is 0 Å². The number of rotatable bonds is 0. The SMILES string of the molecule is CC1=NNC(C)CCC1. The number of hydrazone groups is 1. The number of nitrogens with zero attached hydrogens (tertiary/aromatic N) is 1. The molecule has 0 saturated heterocycles. The maximum atomic E-state index is 4.17. The van der Waals surface area contributed by atoms with Gasteiger partial charge in [-0.05, 0) is 33.1 Å². The molecule has 0 bridgehead atoms. The lowest BCUT2D eigenvalue weighted by Gasteiger charge is -2.04. The summed E-state index contributed by atoms with van der Waals surface area (Å²) in [5, 5.41) is 4.17. The Hall–Kier alpha value is -0.530. The predicted octanol–water partition coefficient (Wildman–Crippen LogP) is 1.52. The maximum Gasteiger partial charge on any atom is 0.0412 e. The summed E-state index contributed by atoms with van der Waals surface area (Å²) in [7, 11) is 0. The standard InChI is InChI=1S/C7H14N2/c1-6-4-3-5-7(2)9-8-6/h6,8H,3-5H2,1-2H3. The fourth-order valence-corrected chi connectivity index (χ4v) is 1.00. The van der Waals surface area contributed by atoms with E-state index in [2.05, 4.69) is 24.4 Å². The topological polar surface area (TPSA) is 24.4 Å². The number of nitrogens with one attached hydrogen (secondary N) is 1. The van der Waals surface area contributed by atoms with Crippen molar-refractivity contribution >= 4 is 5.71 Å². The lowest BCUT2D eigenvalue weighted by Crippen LogP contribution is -2.18. The van der Waals surface area contributed by atoms with E-state index in [4.69, 9.17) is 0 Å². The van der Waals surface area contributed by atoms with Crippen molar-refractivity contribution in [3.8, 4) is 0 Å². The first kappa shape index (κ1) is 6.59. The van der Waals surface area contributed by atoms with E-state index in [1.807, 2.05) is 0 Å². The number of hydrogen-bond donors (Lipinski definition) is 1. The summed E-state index contributed by atoms with van der Waals surface area (Å²) in [6.45, 7) is 4.24. The summed E-state index contributed by atoms with van der Waals surface area (Å²) in [6, 6.07) is 0.572. The van der Waals surface area contributed by atoms with Crippen LogP contribution in [0.4, 0.5) is 0 Å². The Bertz CT molecular complexity index is 118. The first-order valence-electron chi connectivity index (χ1n) is 3.58. The normalized spacial score (nSPS) is 28.2. The largest absolute Gasteiger partial charge is 0.307 e. The van der Waals surface area contributed by atoms with Crippen molar-refractivity contribution in [2.24, 2.45) is 5.10 Å². The van der Waals surface area contributed by atoms with Crippen molar-refractivity contribution in [1.82, 2.24) is 5.43 Å². The zero-order chi connectivity index (χ0) is 6.69. The van der Waals surface area contributed by atoms with Gasteiger partial charge < -0.3 is 5.43 Å². The summed E-state index contributed by atoms with van der Waals surface area (Å²) in [4.78, 5) is 0. The molecule has 0 aromatic rings. The molecule has 0 fully saturated rings. The van der Waals surface area contributed by atoms with Gasteiger partial charge in [-0.1, -0.05) is 0 Å². The molecule has 52 valence electrons. The van der Waals surface area contributed by atoms with E-state index < -0.39 is 0 Å². The second-order valence-corrected chi connectivity index (χ2v) is 2.77. The molecule has 1 aliphatic rings. The van der Waals surface area contributed by atoms with E-state index in [-0.39, 0.29) is 0 Å². The van der Waals surface area contributed by atoms with Gasteiger partial charge in [0.1, 0.15) is 0 Å². The highest BCUT2D eigenvalue weighted by Gasteiger charge is 2.04. The molecule has 0 spiro atoms. The minimum absolute atomic E-state index is 0.572. The van der Waals surface area contributed by atoms with Crippen molar-refractivity contribution in [2.75, 3.05) is 0 Å². The zero-order valence-electron chi connectivity index (χ0n) is 6.15. The highest BCUT2D eigenvalue weighted by atomic mass is 15.3. The fourth-order valence-electron chi connectivity index (χ4n) is 1.00. The van der Waals surface area contributed by atoms with Crippen LogP contribution in [0, 0.1) is 0 Å². The monoisotopic (exact) mass is 126 g/mol. The third-order valence-corrected chi connectivity index (χ3v) is 1.65. The lowest BCUT2D eigenvalue weighted by molar-refractivity contribution is 0.538. The fraction of sp³-hybridized carbons (Fsp3) is 0.857. The van der Waals surface area contributed by atoms with Crippen LogP contribution in [0.1, 0.15) is 33.1 Å². The molecule has 1 unspecified atom stereocenters. The molecular weight excluding hydrogens is 112 g/mol. The Kier molecular flexibility index (Phi) is 2.09. The van der Waals surface area contributed by atoms with Gasteiger partial charge in [0, 0.05) is 11.8 Å². The minimum atomic E-state index is 0.572. The van der Waals surface area contributed by atoms with Gasteiger partial charge in [0.2, 0.25) is 0 Å². The van der Waals surface area contributed by atoms with Crippen molar-refractivity contribution in [1.29, 1.82) is 0 Å². The van der Waals surface area contributed by atoms with Gasteiger partial charge >= 0.3 is 0 Å². The van der Waals surface area contributed by atoms with Crippen molar-refractivity contribution in [3.63, 3.8) is 0 Å². The Morgan fingerprint density at radius 3 is 3.22 bits per heavy atom. The van der Waals surface area contributed by atoms with E-state index in [0.29, 0.717) is 6.04 Å². The molecule has 2 heteroatoms. The molecule has 1 rings (SSSR count). The van der Waals surface area contributed by atoms with Crippen LogP contribution in [-0.4, -0.2) is 11.8 Å². The van der Waals surface area contributed by atoms with E-state index in [9.17, 15) is 0 Å². The predicted molar refractivity (Wildman–Crippen MR) is 39.6 cm³/mol. The molecule has 0 aromatic heterocycles. The highest BCUT2D eigenvalue weighted by molar-refractivity contribution is 5.81. The Balaban J connectivity index is 2.42. The van der Waals surface area contributed by atoms with Crippen LogP contribution < -0.4 is 5.43 Å². The van der Waals surface area contributed by atoms with Crippen molar-refractivity contribution < 1.29 is 0 Å². The second kappa shape index (κ2) is 2.85. The molecule has 0 saturated carbocycles. The molecular formula is C7H14N2. The molecule has 9 heavy (non-hydrogen) atoms. The van der Waals surface area contributed by atoms with Gasteiger partial charge in [0.05, 0.1) is 0 Å². The van der Waals surface area contributed by atoms with Gasteiger partial charge in [-0.15, -0.1) is 0 Å². The summed E-state index contributed by atoms with van der Waals surface area (Å²) in [5.41, 5.74) is 4.32. The number of hydrogen-bond acceptors (Lipinski definition) is 2. The average molecular weight is 126 g/mol. The molecule has 0 aromatic carbocycles. The van der Waals surface area contributed by atoms with Crippen LogP contribution in [0.5, 0.6) is 0 Å². The first-order chi connectivity index (χ1) is 4.29. The molecule has 1 atom stereocenters. The van der Waals surface area contributed by atoms with Crippen LogP contribution >= 0.6 is 0 Å². The molecule has 1 heterocycles. The van der Waals surface area contributed by atoms with Crippen molar-refractivity contribution in [3.05, 3.63) is 0 Å². The quantitative estimate of drug-likeness (QED) is 0.523. The van der Waals surface area contributed by atoms with Crippen LogP contribution in [0.3, 0.4) is 0 Å². The molecule has 1 aliphatic heterocycles. The van der Waals surface area contributed by atoms with E-state index in [0.717, 1.165) is 6.42 Å². The van der Waals surface area contributed by atoms with Crippen LogP contribution in [0.2, 0.25) is 0 Å². The molecule has 0 amide bonds. The maximum absolute atomic E-state index is 4.17. The van der Waals surface area contributed by atoms with Gasteiger partial charge in [0.25, 0.3) is 0 Å². The first-order valence-corrected chi connectivity index (χ1v) is 3.58.